The normalized spacial score (nSPS) is 11.5. The summed E-state index contributed by atoms with van der Waals surface area (Å²) in [5.74, 6) is 3.64. The lowest BCUT2D eigenvalue weighted by atomic mass is 10.2. The summed E-state index contributed by atoms with van der Waals surface area (Å²) in [5, 5.41) is 2.25. The van der Waals surface area contributed by atoms with E-state index in [9.17, 15) is 14.2 Å². The second-order valence-electron chi connectivity index (χ2n) is 5.88. The van der Waals surface area contributed by atoms with E-state index in [1.54, 1.807) is 48.5 Å². The van der Waals surface area contributed by atoms with E-state index in [1.165, 1.54) is 0 Å². The van der Waals surface area contributed by atoms with Crippen molar-refractivity contribution in [3.05, 3.63) is 71.8 Å². The lowest BCUT2D eigenvalue weighted by Gasteiger charge is -2.13. The van der Waals surface area contributed by atoms with Crippen molar-refractivity contribution in [2.75, 3.05) is 6.16 Å². The molecule has 0 aliphatic carbocycles. The number of hydrogen-bond donors (Lipinski definition) is 3. The molecule has 1 atom stereocenters. The molecular weight excluding hydrogens is 397 g/mol. The second kappa shape index (κ2) is 11.0. The lowest BCUT2D eigenvalue weighted by molar-refractivity contribution is -0.145. The molecule has 0 fully saturated rings. The van der Waals surface area contributed by atoms with Gasteiger partial charge in [-0.25, -0.2) is 9.59 Å². The number of amides is 1. The fourth-order valence-electron chi connectivity index (χ4n) is 2.10. The van der Waals surface area contributed by atoms with Gasteiger partial charge in [-0.3, -0.25) is 9.88 Å². The van der Waals surface area contributed by atoms with Crippen molar-refractivity contribution in [3.63, 3.8) is 0 Å². The van der Waals surface area contributed by atoms with E-state index >= 15 is 0 Å². The number of benzene rings is 2. The van der Waals surface area contributed by atoms with Crippen molar-refractivity contribution >= 4 is 19.7 Å². The molecule has 2 aromatic carbocycles. The fourth-order valence-corrected chi connectivity index (χ4v) is 2.40. The SMILES string of the molecule is O=C(N[C@@H](C#CCP(=O)(O)O)C(=O)OCc1ccccc1)OCc1ccccc1. The van der Waals surface area contributed by atoms with Crippen LogP contribution < -0.4 is 5.32 Å². The van der Waals surface area contributed by atoms with E-state index in [0.717, 1.165) is 11.1 Å². The lowest BCUT2D eigenvalue weighted by Crippen LogP contribution is -2.41. The molecule has 0 bridgehead atoms. The van der Waals surface area contributed by atoms with Crippen LogP contribution in [0, 0.1) is 11.8 Å². The Morgan fingerprint density at radius 3 is 1.97 bits per heavy atom. The molecule has 2 aromatic rings. The van der Waals surface area contributed by atoms with Crippen LogP contribution >= 0.6 is 7.60 Å². The van der Waals surface area contributed by atoms with Crippen molar-refractivity contribution in [3.8, 4) is 11.8 Å². The Labute approximate surface area is 168 Å². The number of esters is 1. The fraction of sp³-hybridized carbons (Fsp3) is 0.200. The highest BCUT2D eigenvalue weighted by Gasteiger charge is 2.21. The first-order valence-electron chi connectivity index (χ1n) is 8.54. The number of hydrogen-bond acceptors (Lipinski definition) is 5. The third kappa shape index (κ3) is 9.08. The van der Waals surface area contributed by atoms with E-state index in [-0.39, 0.29) is 13.2 Å². The molecule has 8 nitrogen and oxygen atoms in total. The topological polar surface area (TPSA) is 122 Å². The molecule has 0 saturated carbocycles. The molecular formula is C20H20NO7P. The van der Waals surface area contributed by atoms with Crippen molar-refractivity contribution in [2.45, 2.75) is 19.3 Å². The minimum absolute atomic E-state index is 0.0195. The van der Waals surface area contributed by atoms with Crippen molar-refractivity contribution < 1.29 is 33.4 Å². The maximum Gasteiger partial charge on any atom is 0.408 e. The van der Waals surface area contributed by atoms with E-state index < -0.39 is 31.9 Å². The van der Waals surface area contributed by atoms with Crippen LogP contribution in [0.2, 0.25) is 0 Å². The highest BCUT2D eigenvalue weighted by molar-refractivity contribution is 7.52. The zero-order chi connectivity index (χ0) is 21.1. The maximum atomic E-state index is 12.3. The number of ether oxygens (including phenoxy) is 2. The summed E-state index contributed by atoms with van der Waals surface area (Å²) < 4.78 is 21.1. The summed E-state index contributed by atoms with van der Waals surface area (Å²) in [6.45, 7) is -0.0640. The molecule has 0 aromatic heterocycles. The van der Waals surface area contributed by atoms with Gasteiger partial charge in [0, 0.05) is 0 Å². The Morgan fingerprint density at radius 2 is 1.45 bits per heavy atom. The van der Waals surface area contributed by atoms with Crippen LogP contribution in [0.4, 0.5) is 4.79 Å². The summed E-state index contributed by atoms with van der Waals surface area (Å²) in [5.41, 5.74) is 1.48. The minimum atomic E-state index is -4.37. The smallest absolute Gasteiger partial charge is 0.408 e. The van der Waals surface area contributed by atoms with Gasteiger partial charge in [-0.05, 0) is 11.1 Å². The van der Waals surface area contributed by atoms with Gasteiger partial charge in [0.1, 0.15) is 19.4 Å². The molecule has 3 N–H and O–H groups in total. The highest BCUT2D eigenvalue weighted by Crippen LogP contribution is 2.32. The predicted molar refractivity (Wildman–Crippen MR) is 104 cm³/mol. The number of rotatable bonds is 7. The Balaban J connectivity index is 1.98. The van der Waals surface area contributed by atoms with Crippen LogP contribution in [0.3, 0.4) is 0 Å². The molecule has 0 aliphatic heterocycles. The molecule has 0 radical (unpaired) electrons. The van der Waals surface area contributed by atoms with Crippen LogP contribution in [0.15, 0.2) is 60.7 Å². The molecule has 0 unspecified atom stereocenters. The first kappa shape index (κ1) is 22.2. The van der Waals surface area contributed by atoms with Gasteiger partial charge in [0.05, 0.1) is 0 Å². The average Bonchev–Trinajstić information content (AvgIpc) is 2.70. The van der Waals surface area contributed by atoms with Crippen LogP contribution in [0.5, 0.6) is 0 Å². The second-order valence-corrected chi connectivity index (χ2v) is 7.52. The van der Waals surface area contributed by atoms with E-state index in [0.29, 0.717) is 0 Å². The summed E-state index contributed by atoms with van der Waals surface area (Å²) in [6.07, 6.45) is -1.67. The van der Waals surface area contributed by atoms with Gasteiger partial charge in [0.2, 0.25) is 0 Å². The molecule has 2 rings (SSSR count). The summed E-state index contributed by atoms with van der Waals surface area (Å²) in [7, 11) is -4.37. The number of carbonyl (C=O) groups excluding carboxylic acids is 2. The predicted octanol–water partition coefficient (Wildman–Crippen LogP) is 2.21. The van der Waals surface area contributed by atoms with Crippen LogP contribution in [-0.2, 0) is 32.0 Å². The van der Waals surface area contributed by atoms with Crippen LogP contribution in [0.25, 0.3) is 0 Å². The molecule has 29 heavy (non-hydrogen) atoms. The number of alkyl carbamates (subject to hydrolysis) is 1. The van der Waals surface area contributed by atoms with Gasteiger partial charge in [-0.15, -0.1) is 0 Å². The van der Waals surface area contributed by atoms with E-state index in [4.69, 9.17) is 19.3 Å². The Morgan fingerprint density at radius 1 is 0.931 bits per heavy atom. The largest absolute Gasteiger partial charge is 0.459 e. The Bertz CT molecular complexity index is 916. The molecule has 1 amide bonds. The summed E-state index contributed by atoms with van der Waals surface area (Å²) in [4.78, 5) is 42.1. The molecule has 152 valence electrons. The van der Waals surface area contributed by atoms with Gasteiger partial charge < -0.3 is 19.3 Å². The van der Waals surface area contributed by atoms with Crippen molar-refractivity contribution in [1.82, 2.24) is 5.32 Å². The molecule has 9 heteroatoms. The highest BCUT2D eigenvalue weighted by atomic mass is 31.2. The van der Waals surface area contributed by atoms with Crippen LogP contribution in [-0.4, -0.2) is 34.1 Å². The number of carbonyl (C=O) groups is 2. The third-order valence-electron chi connectivity index (χ3n) is 3.47. The third-order valence-corrected chi connectivity index (χ3v) is 4.04. The monoisotopic (exact) mass is 417 g/mol. The van der Waals surface area contributed by atoms with E-state index in [1.807, 2.05) is 12.1 Å². The van der Waals surface area contributed by atoms with Gasteiger partial charge in [-0.1, -0.05) is 72.5 Å². The van der Waals surface area contributed by atoms with Crippen molar-refractivity contribution in [2.24, 2.45) is 0 Å². The Hall–Kier alpha value is -3.11. The van der Waals surface area contributed by atoms with Gasteiger partial charge in [0.15, 0.2) is 6.04 Å². The summed E-state index contributed by atoms with van der Waals surface area (Å²) in [6, 6.07) is 16.4. The molecule has 0 saturated heterocycles. The maximum absolute atomic E-state index is 12.3. The summed E-state index contributed by atoms with van der Waals surface area (Å²) >= 11 is 0. The standard InChI is InChI=1S/C20H20NO7P/c22-19(27-14-16-8-3-1-4-9-16)18(12-7-13-29(24,25)26)21-20(23)28-15-17-10-5-2-6-11-17/h1-6,8-11,18H,13-15H2,(H,21,23)(H2,24,25,26)/t18-/m0/s1. The Kier molecular flexibility index (Phi) is 8.44. The first-order chi connectivity index (χ1) is 13.8. The number of nitrogens with one attached hydrogen (secondary N) is 1. The quantitative estimate of drug-likeness (QED) is 0.359. The first-order valence-corrected chi connectivity index (χ1v) is 10.3. The van der Waals surface area contributed by atoms with Gasteiger partial charge >= 0.3 is 19.7 Å². The molecule has 0 heterocycles. The zero-order valence-corrected chi connectivity index (χ0v) is 16.2. The average molecular weight is 417 g/mol. The minimum Gasteiger partial charge on any atom is -0.459 e. The zero-order valence-electron chi connectivity index (χ0n) is 15.4. The molecule has 0 aliphatic rings. The van der Waals surface area contributed by atoms with Gasteiger partial charge in [0.25, 0.3) is 0 Å². The van der Waals surface area contributed by atoms with E-state index in [2.05, 4.69) is 17.2 Å². The van der Waals surface area contributed by atoms with Gasteiger partial charge in [-0.2, -0.15) is 0 Å². The van der Waals surface area contributed by atoms with Crippen LogP contribution in [0.1, 0.15) is 11.1 Å². The molecule has 0 spiro atoms. The van der Waals surface area contributed by atoms with Crippen molar-refractivity contribution in [1.29, 1.82) is 0 Å².